The Balaban J connectivity index is 1.23. The first-order valence-electron chi connectivity index (χ1n) is 18.1. The summed E-state index contributed by atoms with van der Waals surface area (Å²) in [5, 5.41) is 8.85. The molecule has 0 spiro atoms. The first kappa shape index (κ1) is 39.9. The number of Topliss-reactive ketones (excluding diaryl/α,β-unsaturated/α-hetero) is 1. The number of hydrogen-bond donors (Lipinski definition) is 0. The third-order valence-corrected chi connectivity index (χ3v) is 13.0. The van der Waals surface area contributed by atoms with Gasteiger partial charge in [-0.25, -0.2) is 8.78 Å². The predicted octanol–water partition coefficient (Wildman–Crippen LogP) is 5.70. The average molecular weight is 873 g/mol. The summed E-state index contributed by atoms with van der Waals surface area (Å²) < 4.78 is 33.1. The Labute approximate surface area is 331 Å². The number of aryl methyl sites for hydroxylation is 2. The molecule has 4 heterocycles. The second kappa shape index (κ2) is 16.5. The van der Waals surface area contributed by atoms with Gasteiger partial charge in [0.1, 0.15) is 17.4 Å². The number of amides is 2. The zero-order valence-corrected chi connectivity index (χ0v) is 34.6. The fourth-order valence-electron chi connectivity index (χ4n) is 7.46. The van der Waals surface area contributed by atoms with Crippen LogP contribution in [0.2, 0.25) is 0 Å². The summed E-state index contributed by atoms with van der Waals surface area (Å²) >= 11 is 7.05. The predicted molar refractivity (Wildman–Crippen MR) is 208 cm³/mol. The maximum absolute atomic E-state index is 15.0. The fraction of sp³-hybridized carbons (Fsp3) is 0.462. The molecular weight excluding hydrogens is 826 g/mol. The van der Waals surface area contributed by atoms with Crippen LogP contribution in [0.1, 0.15) is 69.2 Å². The highest BCUT2D eigenvalue weighted by Crippen LogP contribution is 2.32. The number of piperazine rings is 2. The molecule has 0 aliphatic carbocycles. The molecule has 6 rings (SSSR count). The number of benzene rings is 2. The summed E-state index contributed by atoms with van der Waals surface area (Å²) in [4.78, 5) is 50.1. The van der Waals surface area contributed by atoms with Crippen molar-refractivity contribution in [2.45, 2.75) is 51.6 Å². The number of carbonyl (C=O) groups is 3. The molecule has 4 aromatic rings. The van der Waals surface area contributed by atoms with Gasteiger partial charge in [-0.1, -0.05) is 24.3 Å². The molecular formula is C39H46Br2F2N8O3. The van der Waals surface area contributed by atoms with Crippen molar-refractivity contribution in [3.05, 3.63) is 103 Å². The number of rotatable bonds is 10. The summed E-state index contributed by atoms with van der Waals surface area (Å²) in [5.74, 6) is -2.44. The van der Waals surface area contributed by atoms with Crippen molar-refractivity contribution in [2.24, 2.45) is 14.1 Å². The topological polar surface area (TPSA) is 99.8 Å². The van der Waals surface area contributed by atoms with Crippen LogP contribution in [0.25, 0.3) is 0 Å². The molecule has 4 atom stereocenters. The van der Waals surface area contributed by atoms with Crippen LogP contribution in [0, 0.1) is 25.5 Å². The van der Waals surface area contributed by atoms with Gasteiger partial charge in [0.25, 0.3) is 11.8 Å². The molecule has 11 nitrogen and oxygen atoms in total. The SMILES string of the molecule is Cc1c(Br)c(C(=O)N2CCN(CC(C(=O)C(CN3CCN(C(=O)c4nn(C)c(C)c4Br)C[C@@H]3C)c3ccc(F)cc3)c3ccc(F)cc3)[C@@H](C)C2)nn1C. The highest BCUT2D eigenvalue weighted by atomic mass is 79.9. The Kier molecular flexibility index (Phi) is 12.2. The van der Waals surface area contributed by atoms with Crippen molar-refractivity contribution in [3.8, 4) is 0 Å². The third kappa shape index (κ3) is 8.24. The summed E-state index contributed by atoms with van der Waals surface area (Å²) in [7, 11) is 3.60. The Morgan fingerprint density at radius 3 is 1.31 bits per heavy atom. The fourth-order valence-corrected chi connectivity index (χ4v) is 8.47. The number of nitrogens with zero attached hydrogens (tertiary/aromatic N) is 8. The molecule has 2 aromatic carbocycles. The van der Waals surface area contributed by atoms with Gasteiger partial charge in [0.15, 0.2) is 11.4 Å². The molecule has 0 bridgehead atoms. The Morgan fingerprint density at radius 2 is 1.02 bits per heavy atom. The van der Waals surface area contributed by atoms with Crippen molar-refractivity contribution >= 4 is 49.5 Å². The van der Waals surface area contributed by atoms with E-state index in [2.05, 4.69) is 51.9 Å². The molecule has 2 saturated heterocycles. The van der Waals surface area contributed by atoms with E-state index in [0.29, 0.717) is 83.8 Å². The van der Waals surface area contributed by atoms with Crippen molar-refractivity contribution in [1.82, 2.24) is 39.2 Å². The number of halogens is 4. The lowest BCUT2D eigenvalue weighted by atomic mass is 9.82. The van der Waals surface area contributed by atoms with E-state index >= 15 is 4.79 Å². The molecule has 54 heavy (non-hydrogen) atoms. The van der Waals surface area contributed by atoms with Crippen molar-refractivity contribution in [3.63, 3.8) is 0 Å². The van der Waals surface area contributed by atoms with E-state index in [1.165, 1.54) is 24.3 Å². The highest BCUT2D eigenvalue weighted by molar-refractivity contribution is 9.11. The minimum atomic E-state index is -0.638. The van der Waals surface area contributed by atoms with Gasteiger partial charge in [0, 0.05) is 78.5 Å². The van der Waals surface area contributed by atoms with Crippen molar-refractivity contribution < 1.29 is 23.2 Å². The van der Waals surface area contributed by atoms with Crippen LogP contribution in [-0.4, -0.2) is 121 Å². The molecule has 2 aliphatic heterocycles. The largest absolute Gasteiger partial charge is 0.334 e. The zero-order chi connectivity index (χ0) is 39.0. The Hall–Kier alpha value is -3.79. The zero-order valence-electron chi connectivity index (χ0n) is 31.4. The van der Waals surface area contributed by atoms with Gasteiger partial charge in [-0.05, 0) is 94.9 Å². The van der Waals surface area contributed by atoms with Crippen LogP contribution in [-0.2, 0) is 18.9 Å². The Morgan fingerprint density at radius 1 is 0.667 bits per heavy atom. The van der Waals surface area contributed by atoms with Gasteiger partial charge in [-0.3, -0.25) is 33.5 Å². The summed E-state index contributed by atoms with van der Waals surface area (Å²) in [5.41, 5.74) is 3.84. The second-order valence-electron chi connectivity index (χ2n) is 14.5. The molecule has 0 N–H and O–H groups in total. The number of carbonyl (C=O) groups excluding carboxylic acids is 3. The van der Waals surface area contributed by atoms with Gasteiger partial charge in [0.2, 0.25) is 0 Å². The van der Waals surface area contributed by atoms with Gasteiger partial charge in [-0.15, -0.1) is 0 Å². The lowest BCUT2D eigenvalue weighted by Crippen LogP contribution is -2.56. The highest BCUT2D eigenvalue weighted by Gasteiger charge is 2.38. The van der Waals surface area contributed by atoms with Crippen molar-refractivity contribution in [2.75, 3.05) is 52.4 Å². The second-order valence-corrected chi connectivity index (χ2v) is 16.1. The van der Waals surface area contributed by atoms with E-state index in [1.807, 2.05) is 27.7 Å². The van der Waals surface area contributed by atoms with Crippen LogP contribution in [0.4, 0.5) is 8.78 Å². The molecule has 15 heteroatoms. The van der Waals surface area contributed by atoms with Crippen LogP contribution >= 0.6 is 31.9 Å². The first-order valence-corrected chi connectivity index (χ1v) is 19.7. The summed E-state index contributed by atoms with van der Waals surface area (Å²) in [6.45, 7) is 11.4. The standard InChI is InChI=1S/C39H46Br2F2N8O3/c1-23-19-50(38(53)35-33(40)25(3)46(5)44-35)17-15-48(23)21-31(27-7-11-29(42)12-8-27)37(52)32(28-9-13-30(43)14-10-28)22-49-16-18-51(20-24(49)2)39(54)36-34(41)26(4)47(6)45-36/h7-14,23-24,31-32H,15-22H2,1-6H3/t23-,24-,31?,32?/m0/s1. The van der Waals surface area contributed by atoms with Crippen LogP contribution < -0.4 is 0 Å². The molecule has 2 fully saturated rings. The minimum absolute atomic E-state index is 0.0644. The smallest absolute Gasteiger partial charge is 0.275 e. The molecule has 0 saturated carbocycles. The molecule has 2 unspecified atom stereocenters. The van der Waals surface area contributed by atoms with E-state index in [0.717, 1.165) is 11.4 Å². The van der Waals surface area contributed by atoms with Gasteiger partial charge in [-0.2, -0.15) is 10.2 Å². The molecule has 2 aromatic heterocycles. The average Bonchev–Trinajstić information content (AvgIpc) is 3.57. The summed E-state index contributed by atoms with van der Waals surface area (Å²) in [6, 6.07) is 12.0. The summed E-state index contributed by atoms with van der Waals surface area (Å²) in [6.07, 6.45) is 0. The molecule has 288 valence electrons. The van der Waals surface area contributed by atoms with E-state index in [4.69, 9.17) is 0 Å². The molecule has 0 radical (unpaired) electrons. The number of aromatic nitrogens is 4. The maximum Gasteiger partial charge on any atom is 0.275 e. The number of ketones is 1. The van der Waals surface area contributed by atoms with Gasteiger partial charge >= 0.3 is 0 Å². The lowest BCUT2D eigenvalue weighted by molar-refractivity contribution is -0.123. The van der Waals surface area contributed by atoms with E-state index in [9.17, 15) is 18.4 Å². The van der Waals surface area contributed by atoms with E-state index < -0.39 is 23.5 Å². The van der Waals surface area contributed by atoms with E-state index in [-0.39, 0.29) is 29.7 Å². The number of hydrogen-bond acceptors (Lipinski definition) is 7. The van der Waals surface area contributed by atoms with Crippen LogP contribution in [0.15, 0.2) is 57.5 Å². The maximum atomic E-state index is 15.0. The molecule has 2 amide bonds. The quantitative estimate of drug-likeness (QED) is 0.202. The minimum Gasteiger partial charge on any atom is -0.334 e. The van der Waals surface area contributed by atoms with E-state index in [1.54, 1.807) is 57.5 Å². The molecule has 2 aliphatic rings. The Bertz CT molecular complexity index is 1880. The van der Waals surface area contributed by atoms with Crippen LogP contribution in [0.5, 0.6) is 0 Å². The normalized spacial score (nSPS) is 19.6. The lowest BCUT2D eigenvalue weighted by Gasteiger charge is -2.42. The van der Waals surface area contributed by atoms with Gasteiger partial charge < -0.3 is 9.80 Å². The van der Waals surface area contributed by atoms with Gasteiger partial charge in [0.05, 0.1) is 32.2 Å². The first-order chi connectivity index (χ1) is 25.6. The van der Waals surface area contributed by atoms with Crippen LogP contribution in [0.3, 0.4) is 0 Å². The van der Waals surface area contributed by atoms with Crippen molar-refractivity contribution in [1.29, 1.82) is 0 Å². The monoisotopic (exact) mass is 870 g/mol. The third-order valence-electron chi connectivity index (χ3n) is 11.1.